The predicted octanol–water partition coefficient (Wildman–Crippen LogP) is 4.17. The topological polar surface area (TPSA) is 19.4 Å². The number of pyridine rings is 1. The molecule has 0 saturated carbocycles. The van der Waals surface area contributed by atoms with E-state index in [1.54, 1.807) is 0 Å². The van der Waals surface area contributed by atoms with Crippen LogP contribution in [0.2, 0.25) is 0 Å². The van der Waals surface area contributed by atoms with Gasteiger partial charge >= 0.3 is 0 Å². The zero-order chi connectivity index (χ0) is 15.5. The van der Waals surface area contributed by atoms with Crippen LogP contribution in [0.25, 0.3) is 0 Å². The molecule has 1 aromatic rings. The van der Waals surface area contributed by atoms with Gasteiger partial charge in [-0.3, -0.25) is 4.90 Å². The third kappa shape index (κ3) is 3.45. The van der Waals surface area contributed by atoms with Gasteiger partial charge in [0.1, 0.15) is 5.82 Å². The summed E-state index contributed by atoms with van der Waals surface area (Å²) in [7, 11) is 0. The van der Waals surface area contributed by atoms with E-state index in [0.29, 0.717) is 6.04 Å². The van der Waals surface area contributed by atoms with E-state index in [9.17, 15) is 0 Å². The summed E-state index contributed by atoms with van der Waals surface area (Å²) in [6.07, 6.45) is 8.77. The first kappa shape index (κ1) is 15.8. The number of piperidine rings is 1. The molecule has 2 aliphatic heterocycles. The van der Waals surface area contributed by atoms with E-state index >= 15 is 0 Å². The Kier molecular flexibility index (Phi) is 5.02. The van der Waals surface area contributed by atoms with Crippen molar-refractivity contribution in [2.75, 3.05) is 31.1 Å². The minimum atomic E-state index is 0.587. The Hall–Kier alpha value is -1.09. The van der Waals surface area contributed by atoms with Crippen molar-refractivity contribution in [1.29, 1.82) is 0 Å². The fourth-order valence-corrected chi connectivity index (χ4v) is 4.10. The Morgan fingerprint density at radius 2 is 1.91 bits per heavy atom. The summed E-state index contributed by atoms with van der Waals surface area (Å²) in [5.41, 5.74) is 2.78. The van der Waals surface area contributed by atoms with E-state index < -0.39 is 0 Å². The normalized spacial score (nSPS) is 23.5. The number of rotatable bonds is 4. The second-order valence-corrected chi connectivity index (χ2v) is 7.50. The molecular weight excluding hydrogens is 270 g/mol. The van der Waals surface area contributed by atoms with Crippen molar-refractivity contribution in [3.63, 3.8) is 0 Å². The largest absolute Gasteiger partial charge is 0.356 e. The fourth-order valence-electron chi connectivity index (χ4n) is 4.10. The van der Waals surface area contributed by atoms with Crippen molar-refractivity contribution in [2.24, 2.45) is 5.92 Å². The summed E-state index contributed by atoms with van der Waals surface area (Å²) in [5, 5.41) is 0. The standard InChI is InChI=1S/C19H31N3/c1-15(2)14-22-11-7-8-18(22)17-12-16(3)19(20-13-17)21-9-5-4-6-10-21/h12-13,15,18H,4-11,14H2,1-3H3. The molecule has 1 unspecified atom stereocenters. The maximum Gasteiger partial charge on any atom is 0.131 e. The number of anilines is 1. The zero-order valence-electron chi connectivity index (χ0n) is 14.5. The molecular formula is C19H31N3. The molecule has 3 rings (SSSR count). The first-order valence-corrected chi connectivity index (χ1v) is 9.10. The highest BCUT2D eigenvalue weighted by Gasteiger charge is 2.27. The van der Waals surface area contributed by atoms with Crippen molar-refractivity contribution in [2.45, 2.75) is 58.9 Å². The lowest BCUT2D eigenvalue weighted by molar-refractivity contribution is 0.228. The monoisotopic (exact) mass is 301 g/mol. The van der Waals surface area contributed by atoms with E-state index in [1.165, 1.54) is 75.2 Å². The van der Waals surface area contributed by atoms with Gasteiger partial charge in [0.25, 0.3) is 0 Å². The molecule has 3 heteroatoms. The van der Waals surface area contributed by atoms with Crippen LogP contribution in [-0.4, -0.2) is 36.1 Å². The maximum atomic E-state index is 4.86. The lowest BCUT2D eigenvalue weighted by Gasteiger charge is -2.30. The highest BCUT2D eigenvalue weighted by Crippen LogP contribution is 2.34. The van der Waals surface area contributed by atoms with E-state index in [0.717, 1.165) is 5.92 Å². The molecule has 1 aromatic heterocycles. The third-order valence-corrected chi connectivity index (χ3v) is 5.08. The molecule has 122 valence electrons. The second-order valence-electron chi connectivity index (χ2n) is 7.50. The molecule has 2 fully saturated rings. The predicted molar refractivity (Wildman–Crippen MR) is 93.4 cm³/mol. The summed E-state index contributed by atoms with van der Waals surface area (Å²) in [6.45, 7) is 11.7. The number of aromatic nitrogens is 1. The molecule has 0 N–H and O–H groups in total. The Bertz CT molecular complexity index is 491. The molecule has 1 atom stereocenters. The number of hydrogen-bond acceptors (Lipinski definition) is 3. The van der Waals surface area contributed by atoms with Gasteiger partial charge < -0.3 is 4.90 Å². The van der Waals surface area contributed by atoms with Gasteiger partial charge in [0, 0.05) is 31.9 Å². The summed E-state index contributed by atoms with van der Waals surface area (Å²) < 4.78 is 0. The SMILES string of the molecule is Cc1cc(C2CCCN2CC(C)C)cnc1N1CCCCC1. The van der Waals surface area contributed by atoms with Gasteiger partial charge in [-0.2, -0.15) is 0 Å². The molecule has 0 aliphatic carbocycles. The molecule has 3 heterocycles. The van der Waals surface area contributed by atoms with Crippen LogP contribution in [0.4, 0.5) is 5.82 Å². The number of likely N-dealkylation sites (tertiary alicyclic amines) is 1. The third-order valence-electron chi connectivity index (χ3n) is 5.08. The van der Waals surface area contributed by atoms with Crippen LogP contribution in [0.5, 0.6) is 0 Å². The Morgan fingerprint density at radius 3 is 2.59 bits per heavy atom. The minimum absolute atomic E-state index is 0.587. The Morgan fingerprint density at radius 1 is 1.14 bits per heavy atom. The van der Waals surface area contributed by atoms with Crippen molar-refractivity contribution < 1.29 is 0 Å². The van der Waals surface area contributed by atoms with Gasteiger partial charge in [-0.25, -0.2) is 4.98 Å². The summed E-state index contributed by atoms with van der Waals surface area (Å²) in [5.74, 6) is 1.96. The first-order chi connectivity index (χ1) is 10.6. The minimum Gasteiger partial charge on any atom is -0.356 e. The van der Waals surface area contributed by atoms with E-state index in [1.807, 2.05) is 0 Å². The Labute approximate surface area is 135 Å². The van der Waals surface area contributed by atoms with Crippen LogP contribution in [-0.2, 0) is 0 Å². The molecule has 2 saturated heterocycles. The molecule has 0 aromatic carbocycles. The smallest absolute Gasteiger partial charge is 0.131 e. The van der Waals surface area contributed by atoms with Gasteiger partial charge in [0.15, 0.2) is 0 Å². The average Bonchev–Trinajstić information content (AvgIpc) is 2.95. The number of aryl methyl sites for hydroxylation is 1. The van der Waals surface area contributed by atoms with Crippen LogP contribution in [0, 0.1) is 12.8 Å². The molecule has 0 amide bonds. The lowest BCUT2D eigenvalue weighted by Crippen LogP contribution is -2.31. The van der Waals surface area contributed by atoms with Gasteiger partial charge in [-0.15, -0.1) is 0 Å². The Balaban J connectivity index is 1.76. The molecule has 2 aliphatic rings. The van der Waals surface area contributed by atoms with Crippen LogP contribution in [0.1, 0.15) is 63.1 Å². The highest BCUT2D eigenvalue weighted by molar-refractivity contribution is 5.48. The van der Waals surface area contributed by atoms with Gasteiger partial charge in [-0.1, -0.05) is 13.8 Å². The molecule has 0 bridgehead atoms. The summed E-state index contributed by atoms with van der Waals surface area (Å²) in [4.78, 5) is 9.99. The quantitative estimate of drug-likeness (QED) is 0.832. The highest BCUT2D eigenvalue weighted by atomic mass is 15.2. The van der Waals surface area contributed by atoms with Crippen LogP contribution >= 0.6 is 0 Å². The van der Waals surface area contributed by atoms with Gasteiger partial charge in [0.05, 0.1) is 0 Å². The van der Waals surface area contributed by atoms with Crippen molar-refractivity contribution in [1.82, 2.24) is 9.88 Å². The first-order valence-electron chi connectivity index (χ1n) is 9.10. The zero-order valence-corrected chi connectivity index (χ0v) is 14.5. The van der Waals surface area contributed by atoms with E-state index in [-0.39, 0.29) is 0 Å². The van der Waals surface area contributed by atoms with Gasteiger partial charge in [-0.05, 0) is 68.7 Å². The van der Waals surface area contributed by atoms with Crippen LogP contribution in [0.15, 0.2) is 12.3 Å². The van der Waals surface area contributed by atoms with Crippen LogP contribution < -0.4 is 4.90 Å². The van der Waals surface area contributed by atoms with Crippen molar-refractivity contribution in [3.8, 4) is 0 Å². The van der Waals surface area contributed by atoms with Crippen LogP contribution in [0.3, 0.4) is 0 Å². The average molecular weight is 301 g/mol. The van der Waals surface area contributed by atoms with E-state index in [4.69, 9.17) is 4.98 Å². The second kappa shape index (κ2) is 6.99. The van der Waals surface area contributed by atoms with Crippen molar-refractivity contribution in [3.05, 3.63) is 23.4 Å². The molecule has 0 radical (unpaired) electrons. The molecule has 0 spiro atoms. The lowest BCUT2D eigenvalue weighted by atomic mass is 10.0. The molecule has 22 heavy (non-hydrogen) atoms. The van der Waals surface area contributed by atoms with E-state index in [2.05, 4.69) is 42.8 Å². The number of nitrogens with zero attached hydrogens (tertiary/aromatic N) is 3. The molecule has 3 nitrogen and oxygen atoms in total. The fraction of sp³-hybridized carbons (Fsp3) is 0.737. The summed E-state index contributed by atoms with van der Waals surface area (Å²) >= 11 is 0. The summed E-state index contributed by atoms with van der Waals surface area (Å²) in [6, 6.07) is 2.99. The number of hydrogen-bond donors (Lipinski definition) is 0. The van der Waals surface area contributed by atoms with Gasteiger partial charge in [0.2, 0.25) is 0 Å². The van der Waals surface area contributed by atoms with Crippen molar-refractivity contribution >= 4 is 5.82 Å². The maximum absolute atomic E-state index is 4.86.